The highest BCUT2D eigenvalue weighted by molar-refractivity contribution is 7.17. The molecule has 3 aromatic rings. The van der Waals surface area contributed by atoms with Crippen LogP contribution in [0.3, 0.4) is 0 Å². The van der Waals surface area contributed by atoms with Crippen LogP contribution in [0.5, 0.6) is 0 Å². The Morgan fingerprint density at radius 1 is 1.35 bits per heavy atom. The molecule has 0 bridgehead atoms. The molecule has 0 saturated heterocycles. The monoisotopic (exact) mass is 389 g/mol. The van der Waals surface area contributed by atoms with E-state index in [1.54, 1.807) is 12.1 Å². The van der Waals surface area contributed by atoms with Crippen molar-refractivity contribution in [2.24, 2.45) is 0 Å². The average molecular weight is 390 g/mol. The molecule has 1 N–H and O–H groups in total. The third-order valence-corrected chi connectivity index (χ3v) is 5.30. The predicted molar refractivity (Wildman–Crippen MR) is 107 cm³/mol. The van der Waals surface area contributed by atoms with Crippen molar-refractivity contribution >= 4 is 39.1 Å². The normalized spacial score (nSPS) is 12.3. The van der Waals surface area contributed by atoms with Crippen LogP contribution in [-0.2, 0) is 11.3 Å². The Balaban J connectivity index is 1.93. The lowest BCUT2D eigenvalue weighted by Gasteiger charge is -2.13. The fraction of sp³-hybridized carbons (Fsp3) is 0.316. The van der Waals surface area contributed by atoms with Gasteiger partial charge in [0.25, 0.3) is 5.56 Å². The first-order valence-electron chi connectivity index (χ1n) is 8.51. The first-order valence-corrected chi connectivity index (χ1v) is 9.77. The summed E-state index contributed by atoms with van der Waals surface area (Å²) in [4.78, 5) is 30.1. The molecule has 1 amide bonds. The second kappa shape index (κ2) is 8.01. The summed E-state index contributed by atoms with van der Waals surface area (Å²) in [5, 5.41) is 6.00. The Kier molecular flexibility index (Phi) is 5.74. The van der Waals surface area contributed by atoms with Crippen molar-refractivity contribution in [1.29, 1.82) is 0 Å². The number of rotatable bonds is 6. The summed E-state index contributed by atoms with van der Waals surface area (Å²) in [7, 11) is 0. The molecule has 0 aliphatic carbocycles. The number of carbonyl (C=O) groups excluding carboxylic acids is 1. The molecule has 1 aromatic carbocycles. The fourth-order valence-corrected chi connectivity index (χ4v) is 3.93. The highest BCUT2D eigenvalue weighted by Gasteiger charge is 2.15. The Labute approximate surface area is 160 Å². The lowest BCUT2D eigenvalue weighted by molar-refractivity contribution is -0.122. The van der Waals surface area contributed by atoms with Crippen LogP contribution in [0.1, 0.15) is 26.7 Å². The van der Waals surface area contributed by atoms with E-state index in [2.05, 4.69) is 17.2 Å². The number of aromatic nitrogens is 2. The van der Waals surface area contributed by atoms with Gasteiger partial charge >= 0.3 is 0 Å². The second-order valence-electron chi connectivity index (χ2n) is 6.27. The van der Waals surface area contributed by atoms with E-state index in [4.69, 9.17) is 11.6 Å². The molecule has 0 spiro atoms. The van der Waals surface area contributed by atoms with Crippen molar-refractivity contribution in [1.82, 2.24) is 14.9 Å². The zero-order valence-electron chi connectivity index (χ0n) is 14.7. The van der Waals surface area contributed by atoms with Gasteiger partial charge in [0, 0.05) is 22.0 Å². The fourth-order valence-electron chi connectivity index (χ4n) is 2.90. The number of benzene rings is 1. The van der Waals surface area contributed by atoms with Crippen LogP contribution in [-0.4, -0.2) is 21.5 Å². The van der Waals surface area contributed by atoms with E-state index in [0.29, 0.717) is 15.2 Å². The van der Waals surface area contributed by atoms with Crippen molar-refractivity contribution in [3.8, 4) is 11.1 Å². The van der Waals surface area contributed by atoms with E-state index < -0.39 is 0 Å². The van der Waals surface area contributed by atoms with E-state index in [1.165, 1.54) is 22.2 Å². The van der Waals surface area contributed by atoms with E-state index in [-0.39, 0.29) is 24.1 Å². The summed E-state index contributed by atoms with van der Waals surface area (Å²) < 4.78 is 1.36. The van der Waals surface area contributed by atoms with Crippen LogP contribution < -0.4 is 10.9 Å². The number of hydrogen-bond donors (Lipinski definition) is 1. The minimum atomic E-state index is -0.209. The maximum Gasteiger partial charge on any atom is 0.263 e. The third-order valence-electron chi connectivity index (χ3n) is 4.16. The molecule has 1 unspecified atom stereocenters. The molecule has 3 rings (SSSR count). The van der Waals surface area contributed by atoms with Gasteiger partial charge in [0.2, 0.25) is 5.91 Å². The van der Waals surface area contributed by atoms with Crippen molar-refractivity contribution in [3.63, 3.8) is 0 Å². The first kappa shape index (κ1) is 18.6. The van der Waals surface area contributed by atoms with Gasteiger partial charge in [-0.1, -0.05) is 37.1 Å². The molecule has 0 saturated carbocycles. The van der Waals surface area contributed by atoms with Gasteiger partial charge in [0.1, 0.15) is 11.4 Å². The van der Waals surface area contributed by atoms with Crippen molar-refractivity contribution < 1.29 is 4.79 Å². The summed E-state index contributed by atoms with van der Waals surface area (Å²) in [5.74, 6) is -0.183. The lowest BCUT2D eigenvalue weighted by atomic mass is 10.1. The Morgan fingerprint density at radius 3 is 2.77 bits per heavy atom. The minimum Gasteiger partial charge on any atom is -0.352 e. The molecular weight excluding hydrogens is 370 g/mol. The predicted octanol–water partition coefficient (Wildman–Crippen LogP) is 4.08. The number of hydrogen-bond acceptors (Lipinski definition) is 4. The first-order chi connectivity index (χ1) is 12.5. The van der Waals surface area contributed by atoms with E-state index in [0.717, 1.165) is 24.0 Å². The highest BCUT2D eigenvalue weighted by atomic mass is 35.5. The molecule has 0 aliphatic rings. The van der Waals surface area contributed by atoms with Crippen LogP contribution in [0, 0.1) is 0 Å². The summed E-state index contributed by atoms with van der Waals surface area (Å²) in [6.45, 7) is 3.99. The smallest absolute Gasteiger partial charge is 0.263 e. The average Bonchev–Trinajstić information content (AvgIpc) is 3.03. The Morgan fingerprint density at radius 2 is 2.08 bits per heavy atom. The quantitative estimate of drug-likeness (QED) is 0.690. The van der Waals surface area contributed by atoms with E-state index in [1.807, 2.05) is 24.4 Å². The van der Waals surface area contributed by atoms with Gasteiger partial charge in [0.05, 0.1) is 11.7 Å². The third kappa shape index (κ3) is 3.97. The zero-order chi connectivity index (χ0) is 18.7. The van der Waals surface area contributed by atoms with Gasteiger partial charge in [-0.25, -0.2) is 4.98 Å². The second-order valence-corrected chi connectivity index (χ2v) is 7.57. The number of fused-ring (bicyclic) bond motifs is 1. The molecule has 5 nitrogen and oxygen atoms in total. The van der Waals surface area contributed by atoms with Gasteiger partial charge in [-0.2, -0.15) is 0 Å². The van der Waals surface area contributed by atoms with Gasteiger partial charge < -0.3 is 5.32 Å². The number of halogens is 1. The van der Waals surface area contributed by atoms with Crippen LogP contribution in [0.25, 0.3) is 21.3 Å². The van der Waals surface area contributed by atoms with Crippen LogP contribution in [0.4, 0.5) is 0 Å². The Hall–Kier alpha value is -2.18. The van der Waals surface area contributed by atoms with Crippen LogP contribution in [0.15, 0.2) is 40.8 Å². The molecular formula is C19H20ClN3O2S. The van der Waals surface area contributed by atoms with Crippen molar-refractivity contribution in [2.75, 3.05) is 0 Å². The summed E-state index contributed by atoms with van der Waals surface area (Å²) in [6, 6.07) is 7.42. The number of nitrogens with zero attached hydrogens (tertiary/aromatic N) is 2. The van der Waals surface area contributed by atoms with Gasteiger partial charge in [-0.15, -0.1) is 11.3 Å². The maximum atomic E-state index is 12.9. The van der Waals surface area contributed by atoms with E-state index in [9.17, 15) is 9.59 Å². The topological polar surface area (TPSA) is 64.0 Å². The summed E-state index contributed by atoms with van der Waals surface area (Å²) in [5.41, 5.74) is 1.51. The molecule has 1 atom stereocenters. The number of thiophene rings is 1. The SMILES string of the molecule is CCCC(C)NC(=O)Cn1cnc2scc(-c3ccc(Cl)cc3)c2c1=O. The molecule has 2 heterocycles. The number of nitrogens with one attached hydrogen (secondary N) is 1. The molecule has 0 aliphatic heterocycles. The van der Waals surface area contributed by atoms with E-state index >= 15 is 0 Å². The zero-order valence-corrected chi connectivity index (χ0v) is 16.2. The van der Waals surface area contributed by atoms with Crippen LogP contribution >= 0.6 is 22.9 Å². The summed E-state index contributed by atoms with van der Waals surface area (Å²) in [6.07, 6.45) is 3.34. The van der Waals surface area contributed by atoms with Crippen molar-refractivity contribution in [3.05, 3.63) is 51.3 Å². The van der Waals surface area contributed by atoms with Gasteiger partial charge in [-0.3, -0.25) is 14.2 Å². The maximum absolute atomic E-state index is 12.9. The largest absolute Gasteiger partial charge is 0.352 e. The number of amides is 1. The van der Waals surface area contributed by atoms with Gasteiger partial charge in [0.15, 0.2) is 0 Å². The van der Waals surface area contributed by atoms with Crippen LogP contribution in [0.2, 0.25) is 5.02 Å². The highest BCUT2D eigenvalue weighted by Crippen LogP contribution is 2.31. The van der Waals surface area contributed by atoms with Crippen molar-refractivity contribution in [2.45, 2.75) is 39.3 Å². The van der Waals surface area contributed by atoms with Gasteiger partial charge in [-0.05, 0) is 31.0 Å². The molecule has 136 valence electrons. The Bertz CT molecular complexity index is 979. The summed E-state index contributed by atoms with van der Waals surface area (Å²) >= 11 is 7.36. The molecule has 7 heteroatoms. The molecule has 0 radical (unpaired) electrons. The molecule has 0 fully saturated rings. The lowest BCUT2D eigenvalue weighted by Crippen LogP contribution is -2.37. The minimum absolute atomic E-state index is 0.0360. The molecule has 26 heavy (non-hydrogen) atoms. The number of carbonyl (C=O) groups is 1. The molecule has 2 aromatic heterocycles. The standard InChI is InChI=1S/C19H20ClN3O2S/c1-3-4-12(2)22-16(24)9-23-11-21-18-17(19(23)25)15(10-26-18)13-5-7-14(20)8-6-13/h5-8,10-12H,3-4,9H2,1-2H3,(H,22,24).